The highest BCUT2D eigenvalue weighted by molar-refractivity contribution is 9.10. The number of aromatic nitrogens is 1. The van der Waals surface area contributed by atoms with E-state index >= 15 is 0 Å². The molecule has 0 saturated carbocycles. The van der Waals surface area contributed by atoms with E-state index in [1.807, 2.05) is 42.5 Å². The van der Waals surface area contributed by atoms with Crippen LogP contribution in [0.25, 0.3) is 11.0 Å². The van der Waals surface area contributed by atoms with Crippen molar-refractivity contribution in [3.63, 3.8) is 0 Å². The normalized spacial score (nSPS) is 11.9. The fraction of sp³-hybridized carbons (Fsp3) is 0.211. The van der Waals surface area contributed by atoms with Crippen molar-refractivity contribution in [1.82, 2.24) is 10.5 Å². The van der Waals surface area contributed by atoms with Crippen LogP contribution in [0.3, 0.4) is 0 Å². The zero-order chi connectivity index (χ0) is 18.5. The van der Waals surface area contributed by atoms with Gasteiger partial charge in [-0.3, -0.25) is 9.59 Å². The summed E-state index contributed by atoms with van der Waals surface area (Å²) >= 11 is 3.38. The van der Waals surface area contributed by atoms with Gasteiger partial charge in [-0.25, -0.2) is 0 Å². The Morgan fingerprint density at radius 2 is 1.92 bits per heavy atom. The van der Waals surface area contributed by atoms with Crippen molar-refractivity contribution >= 4 is 38.8 Å². The van der Waals surface area contributed by atoms with Crippen LogP contribution in [0.5, 0.6) is 0 Å². The molecule has 1 N–H and O–H groups in total. The monoisotopic (exact) mass is 416 g/mol. The topological polar surface area (TPSA) is 81.4 Å². The Balaban J connectivity index is 1.76. The van der Waals surface area contributed by atoms with Crippen molar-refractivity contribution in [2.45, 2.75) is 18.9 Å². The van der Waals surface area contributed by atoms with E-state index in [-0.39, 0.29) is 18.7 Å². The van der Waals surface area contributed by atoms with Crippen LogP contribution in [0.1, 0.15) is 23.7 Å². The van der Waals surface area contributed by atoms with Crippen molar-refractivity contribution in [3.05, 3.63) is 64.3 Å². The van der Waals surface area contributed by atoms with E-state index in [2.05, 4.69) is 26.4 Å². The number of methoxy groups -OCH3 is 1. The minimum absolute atomic E-state index is 0.0451. The van der Waals surface area contributed by atoms with E-state index < -0.39 is 12.0 Å². The molecule has 26 heavy (non-hydrogen) atoms. The highest BCUT2D eigenvalue weighted by atomic mass is 79.9. The molecule has 6 nitrogen and oxygen atoms in total. The Bertz CT molecular complexity index is 921. The summed E-state index contributed by atoms with van der Waals surface area (Å²) in [6, 6.07) is 14.3. The predicted octanol–water partition coefficient (Wildman–Crippen LogP) is 3.55. The number of carbonyl (C=O) groups excluding carboxylic acids is 2. The van der Waals surface area contributed by atoms with Gasteiger partial charge in [-0.05, 0) is 29.8 Å². The molecule has 0 aliphatic heterocycles. The van der Waals surface area contributed by atoms with E-state index in [0.29, 0.717) is 11.3 Å². The van der Waals surface area contributed by atoms with Crippen molar-refractivity contribution in [2.24, 2.45) is 0 Å². The van der Waals surface area contributed by atoms with E-state index in [9.17, 15) is 9.59 Å². The second kappa shape index (κ2) is 8.14. The standard InChI is InChI=1S/C19H17BrN2O4/c1-25-19(24)11-15(12-6-8-13(20)9-7-12)21-18(23)10-16-14-4-2-3-5-17(14)26-22-16/h2-9,15H,10-11H2,1H3,(H,21,23). The quantitative estimate of drug-likeness (QED) is 0.621. The molecule has 1 unspecified atom stereocenters. The van der Waals surface area contributed by atoms with Crippen molar-refractivity contribution in [2.75, 3.05) is 7.11 Å². The summed E-state index contributed by atoms with van der Waals surface area (Å²) in [4.78, 5) is 24.2. The lowest BCUT2D eigenvalue weighted by Crippen LogP contribution is -2.31. The number of para-hydroxylation sites is 1. The summed E-state index contributed by atoms with van der Waals surface area (Å²) in [6.45, 7) is 0. The van der Waals surface area contributed by atoms with Crippen LogP contribution in [0, 0.1) is 0 Å². The fourth-order valence-corrected chi connectivity index (χ4v) is 2.92. The van der Waals surface area contributed by atoms with Crippen LogP contribution in [-0.4, -0.2) is 24.1 Å². The molecule has 0 spiro atoms. The number of hydrogen-bond donors (Lipinski definition) is 1. The summed E-state index contributed by atoms with van der Waals surface area (Å²) in [5.41, 5.74) is 2.01. The maximum Gasteiger partial charge on any atom is 0.307 e. The van der Waals surface area contributed by atoms with Gasteiger partial charge in [-0.1, -0.05) is 45.4 Å². The Hall–Kier alpha value is -2.67. The van der Waals surface area contributed by atoms with Gasteiger partial charge in [0.2, 0.25) is 5.91 Å². The molecule has 1 amide bonds. The molecule has 0 saturated heterocycles. The van der Waals surface area contributed by atoms with Gasteiger partial charge < -0.3 is 14.6 Å². The third kappa shape index (κ3) is 4.29. The van der Waals surface area contributed by atoms with Crippen molar-refractivity contribution in [3.8, 4) is 0 Å². The number of carbonyl (C=O) groups is 2. The molecular weight excluding hydrogens is 400 g/mol. The molecule has 3 aromatic rings. The lowest BCUT2D eigenvalue weighted by Gasteiger charge is -2.18. The first kappa shape index (κ1) is 18.1. The molecular formula is C19H17BrN2O4. The number of hydrogen-bond acceptors (Lipinski definition) is 5. The van der Waals surface area contributed by atoms with Gasteiger partial charge in [-0.15, -0.1) is 0 Å². The number of rotatable bonds is 6. The molecule has 0 radical (unpaired) electrons. The smallest absolute Gasteiger partial charge is 0.307 e. The number of esters is 1. The highest BCUT2D eigenvalue weighted by Gasteiger charge is 2.20. The summed E-state index contributed by atoms with van der Waals surface area (Å²) in [5, 5.41) is 7.66. The minimum Gasteiger partial charge on any atom is -0.469 e. The third-order valence-electron chi connectivity index (χ3n) is 3.99. The number of ether oxygens (including phenoxy) is 1. The van der Waals surface area contributed by atoms with Crippen molar-refractivity contribution < 1.29 is 18.8 Å². The largest absolute Gasteiger partial charge is 0.469 e. The Morgan fingerprint density at radius 1 is 1.19 bits per heavy atom. The van der Waals surface area contributed by atoms with Crippen molar-refractivity contribution in [1.29, 1.82) is 0 Å². The van der Waals surface area contributed by atoms with E-state index in [1.54, 1.807) is 6.07 Å². The van der Waals surface area contributed by atoms with Gasteiger partial charge in [0.15, 0.2) is 5.58 Å². The lowest BCUT2D eigenvalue weighted by atomic mass is 10.0. The highest BCUT2D eigenvalue weighted by Crippen LogP contribution is 2.22. The molecule has 0 bridgehead atoms. The van der Waals surface area contributed by atoms with E-state index in [4.69, 9.17) is 9.26 Å². The Labute approximate surface area is 158 Å². The average molecular weight is 417 g/mol. The lowest BCUT2D eigenvalue weighted by molar-refractivity contribution is -0.141. The van der Waals surface area contributed by atoms with Crippen LogP contribution >= 0.6 is 15.9 Å². The van der Waals surface area contributed by atoms with Gasteiger partial charge in [0, 0.05) is 9.86 Å². The zero-order valence-electron chi connectivity index (χ0n) is 14.1. The molecule has 1 atom stereocenters. The molecule has 3 rings (SSSR count). The zero-order valence-corrected chi connectivity index (χ0v) is 15.7. The molecule has 0 fully saturated rings. The molecule has 1 aromatic heterocycles. The second-order valence-electron chi connectivity index (χ2n) is 5.75. The fourth-order valence-electron chi connectivity index (χ4n) is 2.66. The molecule has 134 valence electrons. The molecule has 2 aromatic carbocycles. The van der Waals surface area contributed by atoms with Crippen LogP contribution in [0.15, 0.2) is 57.5 Å². The number of fused-ring (bicyclic) bond motifs is 1. The third-order valence-corrected chi connectivity index (χ3v) is 4.51. The molecule has 1 heterocycles. The van der Waals surface area contributed by atoms with Crippen LogP contribution < -0.4 is 5.32 Å². The second-order valence-corrected chi connectivity index (χ2v) is 6.67. The van der Waals surface area contributed by atoms with Gasteiger partial charge >= 0.3 is 5.97 Å². The summed E-state index contributed by atoms with van der Waals surface area (Å²) < 4.78 is 10.9. The summed E-state index contributed by atoms with van der Waals surface area (Å²) in [7, 11) is 1.32. The number of nitrogens with zero attached hydrogens (tertiary/aromatic N) is 1. The van der Waals surface area contributed by atoms with Gasteiger partial charge in [0.25, 0.3) is 0 Å². The molecule has 0 aliphatic carbocycles. The van der Waals surface area contributed by atoms with Crippen LogP contribution in [-0.2, 0) is 20.7 Å². The number of halogens is 1. The molecule has 7 heteroatoms. The Morgan fingerprint density at radius 3 is 2.65 bits per heavy atom. The maximum atomic E-state index is 12.5. The van der Waals surface area contributed by atoms with Gasteiger partial charge in [0.05, 0.1) is 26.0 Å². The number of nitrogens with one attached hydrogen (secondary N) is 1. The van der Waals surface area contributed by atoms with Crippen LogP contribution in [0.4, 0.5) is 0 Å². The molecule has 0 aliphatic rings. The SMILES string of the molecule is COC(=O)CC(NC(=O)Cc1noc2ccccc12)c1ccc(Br)cc1. The summed E-state index contributed by atoms with van der Waals surface area (Å²) in [6.07, 6.45) is 0.106. The Kier molecular flexibility index (Phi) is 5.68. The maximum absolute atomic E-state index is 12.5. The summed E-state index contributed by atoms with van der Waals surface area (Å²) in [5.74, 6) is -0.647. The average Bonchev–Trinajstić information content (AvgIpc) is 3.04. The van der Waals surface area contributed by atoms with E-state index in [0.717, 1.165) is 15.4 Å². The number of benzene rings is 2. The first-order valence-electron chi connectivity index (χ1n) is 8.01. The number of amides is 1. The van der Waals surface area contributed by atoms with Crippen LogP contribution in [0.2, 0.25) is 0 Å². The first-order chi connectivity index (χ1) is 12.6. The predicted molar refractivity (Wildman–Crippen MR) is 99.4 cm³/mol. The van der Waals surface area contributed by atoms with Gasteiger partial charge in [-0.2, -0.15) is 0 Å². The minimum atomic E-state index is -0.485. The van der Waals surface area contributed by atoms with Gasteiger partial charge in [0.1, 0.15) is 5.69 Å². The van der Waals surface area contributed by atoms with E-state index in [1.165, 1.54) is 7.11 Å². The first-order valence-corrected chi connectivity index (χ1v) is 8.81.